The Bertz CT molecular complexity index is 424. The summed E-state index contributed by atoms with van der Waals surface area (Å²) in [7, 11) is 0. The van der Waals surface area contributed by atoms with Gasteiger partial charge in [0.2, 0.25) is 0 Å². The second-order valence-electron chi connectivity index (χ2n) is 3.05. The van der Waals surface area contributed by atoms with Gasteiger partial charge in [-0.25, -0.2) is 0 Å². The molecule has 0 saturated carbocycles. The Morgan fingerprint density at radius 1 is 1.38 bits per heavy atom. The molecule has 0 unspecified atom stereocenters. The minimum absolute atomic E-state index is 0.185. The summed E-state index contributed by atoms with van der Waals surface area (Å²) in [5, 5.41) is 11.8. The summed E-state index contributed by atoms with van der Waals surface area (Å²) >= 11 is 17.5. The van der Waals surface area contributed by atoms with E-state index in [4.69, 9.17) is 45.6 Å². The van der Waals surface area contributed by atoms with E-state index < -0.39 is 5.97 Å². The second-order valence-corrected chi connectivity index (χ2v) is 4.21. The largest absolute Gasteiger partial charge is 0.480 e. The molecule has 4 nitrogen and oxygen atoms in total. The fraction of sp³-hybridized carbons (Fsp3) is 0.222. The molecule has 0 aliphatic rings. The average Bonchev–Trinajstić information content (AvgIpc) is 2.19. The van der Waals surface area contributed by atoms with Gasteiger partial charge in [0.1, 0.15) is 0 Å². The molecule has 0 saturated heterocycles. The number of carboxylic acid groups (broad SMARTS) is 1. The maximum absolute atomic E-state index is 10.3. The molecule has 0 heterocycles. The number of benzene rings is 1. The summed E-state index contributed by atoms with van der Waals surface area (Å²) < 4.78 is 0. The summed E-state index contributed by atoms with van der Waals surface area (Å²) in [6.45, 7) is 0.0316. The lowest BCUT2D eigenvalue weighted by molar-refractivity contribution is -0.135. The van der Waals surface area contributed by atoms with Gasteiger partial charge in [-0.2, -0.15) is 0 Å². The molecule has 0 fully saturated rings. The van der Waals surface area contributed by atoms with Crippen molar-refractivity contribution in [2.75, 3.05) is 12.3 Å². The number of halogens is 3. The number of rotatable bonds is 4. The molecule has 0 aliphatic heterocycles. The van der Waals surface area contributed by atoms with Gasteiger partial charge in [0.05, 0.1) is 21.6 Å². The van der Waals surface area contributed by atoms with Crippen LogP contribution in [-0.2, 0) is 11.3 Å². The number of nitrogens with one attached hydrogen (secondary N) is 1. The van der Waals surface area contributed by atoms with E-state index in [9.17, 15) is 4.79 Å². The SMILES string of the molecule is Nc1cc(Cl)c(Cl)c(Cl)c1CNCC(=O)O. The first kappa shape index (κ1) is 13.4. The Labute approximate surface area is 107 Å². The van der Waals surface area contributed by atoms with Crippen molar-refractivity contribution < 1.29 is 9.90 Å². The monoisotopic (exact) mass is 282 g/mol. The van der Waals surface area contributed by atoms with E-state index in [-0.39, 0.29) is 28.2 Å². The summed E-state index contributed by atoms with van der Waals surface area (Å²) in [6, 6.07) is 1.48. The van der Waals surface area contributed by atoms with E-state index in [0.717, 1.165) is 0 Å². The first-order valence-electron chi connectivity index (χ1n) is 4.27. The lowest BCUT2D eigenvalue weighted by Gasteiger charge is -2.11. The van der Waals surface area contributed by atoms with Crippen LogP contribution in [0.2, 0.25) is 15.1 Å². The van der Waals surface area contributed by atoms with Gasteiger partial charge in [-0.3, -0.25) is 4.79 Å². The highest BCUT2D eigenvalue weighted by molar-refractivity contribution is 6.48. The van der Waals surface area contributed by atoms with Gasteiger partial charge in [0.15, 0.2) is 0 Å². The molecule has 0 radical (unpaired) electrons. The fourth-order valence-corrected chi connectivity index (χ4v) is 1.83. The Kier molecular flexibility index (Phi) is 4.68. The lowest BCUT2D eigenvalue weighted by atomic mass is 10.2. The third-order valence-corrected chi connectivity index (χ3v) is 3.18. The van der Waals surface area contributed by atoms with E-state index in [2.05, 4.69) is 5.32 Å². The Morgan fingerprint density at radius 3 is 2.56 bits per heavy atom. The summed E-state index contributed by atoms with van der Waals surface area (Å²) in [6.07, 6.45) is 0. The third kappa shape index (κ3) is 3.15. The van der Waals surface area contributed by atoms with Crippen molar-refractivity contribution in [2.45, 2.75) is 6.54 Å². The molecular weight excluding hydrogens is 274 g/mol. The van der Waals surface area contributed by atoms with E-state index >= 15 is 0 Å². The van der Waals surface area contributed by atoms with Crippen molar-refractivity contribution in [2.24, 2.45) is 0 Å². The smallest absolute Gasteiger partial charge is 0.317 e. The number of aliphatic carboxylic acids is 1. The zero-order valence-corrected chi connectivity index (χ0v) is 10.3. The van der Waals surface area contributed by atoms with Crippen molar-refractivity contribution in [1.82, 2.24) is 5.32 Å². The quantitative estimate of drug-likeness (QED) is 0.586. The van der Waals surface area contributed by atoms with Crippen LogP contribution in [0.4, 0.5) is 5.69 Å². The Morgan fingerprint density at radius 2 is 2.00 bits per heavy atom. The van der Waals surface area contributed by atoms with Gasteiger partial charge in [0.25, 0.3) is 0 Å². The lowest BCUT2D eigenvalue weighted by Crippen LogP contribution is -2.22. The molecule has 1 aromatic carbocycles. The molecular formula is C9H9Cl3N2O2. The summed E-state index contributed by atoms with van der Waals surface area (Å²) in [5.41, 5.74) is 6.60. The zero-order chi connectivity index (χ0) is 12.3. The van der Waals surface area contributed by atoms with Crippen LogP contribution in [0.5, 0.6) is 0 Å². The number of anilines is 1. The molecule has 0 bridgehead atoms. The summed E-state index contributed by atoms with van der Waals surface area (Å²) in [4.78, 5) is 10.3. The van der Waals surface area contributed by atoms with Gasteiger partial charge >= 0.3 is 5.97 Å². The van der Waals surface area contributed by atoms with Gasteiger partial charge < -0.3 is 16.2 Å². The van der Waals surface area contributed by atoms with Crippen molar-refractivity contribution in [3.8, 4) is 0 Å². The van der Waals surface area contributed by atoms with Crippen LogP contribution in [0.25, 0.3) is 0 Å². The topological polar surface area (TPSA) is 75.3 Å². The van der Waals surface area contributed by atoms with Gasteiger partial charge in [0, 0.05) is 17.8 Å². The molecule has 1 aromatic rings. The van der Waals surface area contributed by atoms with Gasteiger partial charge in [-0.1, -0.05) is 34.8 Å². The van der Waals surface area contributed by atoms with Crippen molar-refractivity contribution in [1.29, 1.82) is 0 Å². The third-order valence-electron chi connectivity index (χ3n) is 1.88. The molecule has 0 aliphatic carbocycles. The molecule has 0 spiro atoms. The first-order valence-corrected chi connectivity index (χ1v) is 5.41. The average molecular weight is 284 g/mol. The van der Waals surface area contributed by atoms with Gasteiger partial charge in [-0.15, -0.1) is 0 Å². The van der Waals surface area contributed by atoms with E-state index in [1.54, 1.807) is 0 Å². The van der Waals surface area contributed by atoms with Crippen LogP contribution in [0.3, 0.4) is 0 Å². The van der Waals surface area contributed by atoms with Crippen LogP contribution in [-0.4, -0.2) is 17.6 Å². The zero-order valence-electron chi connectivity index (χ0n) is 8.06. The maximum atomic E-state index is 10.3. The van der Waals surface area contributed by atoms with Crippen LogP contribution in [0.15, 0.2) is 6.07 Å². The number of hydrogen-bond acceptors (Lipinski definition) is 3. The van der Waals surface area contributed by atoms with Crippen molar-refractivity contribution >= 4 is 46.5 Å². The maximum Gasteiger partial charge on any atom is 0.317 e. The highest BCUT2D eigenvalue weighted by Crippen LogP contribution is 2.36. The highest BCUT2D eigenvalue weighted by atomic mass is 35.5. The van der Waals surface area contributed by atoms with Crippen molar-refractivity contribution in [3.05, 3.63) is 26.7 Å². The summed E-state index contributed by atoms with van der Waals surface area (Å²) in [5.74, 6) is -0.963. The standard InChI is InChI=1S/C9H9Cl3N2O2/c10-5-1-6(13)4(8(11)9(5)12)2-14-3-7(15)16/h1,14H,2-3,13H2,(H,15,16). The normalized spacial score (nSPS) is 10.4. The van der Waals surface area contributed by atoms with Crippen LogP contribution in [0, 0.1) is 0 Å². The van der Waals surface area contributed by atoms with E-state index in [1.807, 2.05) is 0 Å². The van der Waals surface area contributed by atoms with Crippen LogP contribution >= 0.6 is 34.8 Å². The molecule has 16 heavy (non-hydrogen) atoms. The highest BCUT2D eigenvalue weighted by Gasteiger charge is 2.12. The molecule has 4 N–H and O–H groups in total. The molecule has 7 heteroatoms. The first-order chi connectivity index (χ1) is 7.43. The molecule has 0 atom stereocenters. The fourth-order valence-electron chi connectivity index (χ4n) is 1.13. The predicted molar refractivity (Wildman–Crippen MR) is 65.2 cm³/mol. The Hall–Kier alpha value is -0.680. The number of carboxylic acids is 1. The number of hydrogen-bond donors (Lipinski definition) is 3. The Balaban J connectivity index is 2.87. The number of nitrogen functional groups attached to an aromatic ring is 1. The van der Waals surface area contributed by atoms with Crippen LogP contribution < -0.4 is 11.1 Å². The molecule has 1 rings (SSSR count). The van der Waals surface area contributed by atoms with Crippen molar-refractivity contribution in [3.63, 3.8) is 0 Å². The number of nitrogens with two attached hydrogens (primary N) is 1. The molecule has 0 aromatic heterocycles. The van der Waals surface area contributed by atoms with E-state index in [1.165, 1.54) is 6.07 Å². The minimum atomic E-state index is -0.963. The van der Waals surface area contributed by atoms with E-state index in [0.29, 0.717) is 11.3 Å². The molecule has 88 valence electrons. The van der Waals surface area contributed by atoms with Gasteiger partial charge in [-0.05, 0) is 6.07 Å². The van der Waals surface area contributed by atoms with Crippen LogP contribution in [0.1, 0.15) is 5.56 Å². The predicted octanol–water partition coefficient (Wildman–Crippen LogP) is 2.40. The number of carbonyl (C=O) groups is 1. The molecule has 0 amide bonds. The second kappa shape index (κ2) is 5.59. The minimum Gasteiger partial charge on any atom is -0.480 e.